The topological polar surface area (TPSA) is 150 Å². The average Bonchev–Trinajstić information content (AvgIpc) is 3.37. The molecule has 1 saturated heterocycles. The van der Waals surface area contributed by atoms with Crippen LogP contribution in [0.25, 0.3) is 11.3 Å². The predicted octanol–water partition coefficient (Wildman–Crippen LogP) is 5.25. The van der Waals surface area contributed by atoms with Gasteiger partial charge in [0.2, 0.25) is 0 Å². The zero-order chi connectivity index (χ0) is 28.1. The van der Waals surface area contributed by atoms with E-state index in [0.29, 0.717) is 36.6 Å². The highest BCUT2D eigenvalue weighted by Crippen LogP contribution is 2.31. The Hall–Kier alpha value is -4.05. The number of nitrogens with one attached hydrogen (secondary N) is 2. The van der Waals surface area contributed by atoms with E-state index in [9.17, 15) is 4.79 Å². The van der Waals surface area contributed by atoms with Gasteiger partial charge in [0, 0.05) is 54.1 Å². The minimum Gasteiger partial charge on any atom is -0.398 e. The van der Waals surface area contributed by atoms with Gasteiger partial charge in [0.1, 0.15) is 5.82 Å². The number of aromatic nitrogens is 3. The summed E-state index contributed by atoms with van der Waals surface area (Å²) in [6, 6.07) is 18.9. The molecule has 0 saturated carbocycles. The Bertz CT molecular complexity index is 1590. The number of rotatable bonds is 7. The van der Waals surface area contributed by atoms with E-state index >= 15 is 0 Å². The number of carbonyl (C=O) groups excluding carboxylic acids is 1. The van der Waals surface area contributed by atoms with Crippen LogP contribution in [0.2, 0.25) is 0 Å². The smallest absolute Gasteiger partial charge is 0.321 e. The summed E-state index contributed by atoms with van der Waals surface area (Å²) in [6.07, 6.45) is 3.32. The third-order valence-electron chi connectivity index (χ3n) is 6.85. The van der Waals surface area contributed by atoms with Gasteiger partial charge in [-0.25, -0.2) is 9.78 Å². The van der Waals surface area contributed by atoms with E-state index in [4.69, 9.17) is 21.1 Å². The molecule has 40 heavy (non-hydrogen) atoms. The fraction of sp³-hybridized carbons (Fsp3) is 0.214. The van der Waals surface area contributed by atoms with Gasteiger partial charge < -0.3 is 21.3 Å². The van der Waals surface area contributed by atoms with Crippen molar-refractivity contribution >= 4 is 56.8 Å². The van der Waals surface area contributed by atoms with Crippen molar-refractivity contribution in [3.05, 3.63) is 93.1 Å². The summed E-state index contributed by atoms with van der Waals surface area (Å²) in [6.45, 7) is 1.81. The molecular weight excluding hydrogens is 590 g/mol. The summed E-state index contributed by atoms with van der Waals surface area (Å²) >= 11 is 4.66. The molecule has 1 aliphatic rings. The summed E-state index contributed by atoms with van der Waals surface area (Å²) in [5.41, 5.74) is 11.5. The van der Waals surface area contributed by atoms with Gasteiger partial charge in [-0.05, 0) is 58.1 Å². The molecule has 0 bridgehead atoms. The first-order chi connectivity index (χ1) is 19.4. The molecule has 0 radical (unpaired) electrons. The maximum atomic E-state index is 12.8. The lowest BCUT2D eigenvalue weighted by Crippen LogP contribution is -2.40. The number of nitrogens with zero attached hydrogens (tertiary/aromatic N) is 5. The summed E-state index contributed by atoms with van der Waals surface area (Å²) in [7, 11) is 0. The summed E-state index contributed by atoms with van der Waals surface area (Å²) < 4.78 is 2.61. The van der Waals surface area contributed by atoms with Gasteiger partial charge in [-0.2, -0.15) is 14.9 Å². The van der Waals surface area contributed by atoms with Gasteiger partial charge in [0.25, 0.3) is 0 Å². The first kappa shape index (κ1) is 27.5. The van der Waals surface area contributed by atoms with Gasteiger partial charge in [-0.3, -0.25) is 5.14 Å². The molecule has 0 aliphatic carbocycles. The molecule has 5 rings (SSSR count). The highest BCUT2D eigenvalue weighted by molar-refractivity contribution is 9.10. The number of carbonyl (C=O) groups is 1. The predicted molar refractivity (Wildman–Crippen MR) is 162 cm³/mol. The van der Waals surface area contributed by atoms with E-state index in [0.717, 1.165) is 57.5 Å². The number of halogens is 1. The van der Waals surface area contributed by atoms with Crippen molar-refractivity contribution in [3.63, 3.8) is 0 Å². The molecule has 0 spiro atoms. The minimum atomic E-state index is -0.164. The molecule has 6 N–H and O–H groups in total. The van der Waals surface area contributed by atoms with Crippen molar-refractivity contribution in [2.24, 2.45) is 10.9 Å². The maximum Gasteiger partial charge on any atom is 0.321 e. The molecule has 3 heterocycles. The second-order valence-electron chi connectivity index (χ2n) is 9.44. The van der Waals surface area contributed by atoms with Crippen molar-refractivity contribution in [2.75, 3.05) is 23.7 Å². The summed E-state index contributed by atoms with van der Waals surface area (Å²) in [5, 5.41) is 27.2. The number of nitrogens with two attached hydrogens (primary N) is 2. The van der Waals surface area contributed by atoms with Crippen LogP contribution in [0, 0.1) is 11.3 Å². The molecule has 2 aromatic heterocycles. The molecule has 12 heteroatoms. The van der Waals surface area contributed by atoms with Gasteiger partial charge >= 0.3 is 6.03 Å². The number of amides is 2. The Kier molecular flexibility index (Phi) is 8.54. The van der Waals surface area contributed by atoms with Crippen LogP contribution in [0.5, 0.6) is 0 Å². The maximum absolute atomic E-state index is 12.8. The lowest BCUT2D eigenvalue weighted by Gasteiger charge is -2.32. The van der Waals surface area contributed by atoms with Crippen molar-refractivity contribution < 1.29 is 4.79 Å². The van der Waals surface area contributed by atoms with Crippen LogP contribution in [0.1, 0.15) is 41.1 Å². The van der Waals surface area contributed by atoms with Crippen LogP contribution in [0.4, 0.5) is 16.3 Å². The van der Waals surface area contributed by atoms with Gasteiger partial charge in [0.05, 0.1) is 22.3 Å². The second-order valence-corrected chi connectivity index (χ2v) is 10.8. The Balaban J connectivity index is 1.26. The zero-order valence-electron chi connectivity index (χ0n) is 21.5. The summed E-state index contributed by atoms with van der Waals surface area (Å²) in [4.78, 5) is 19.5. The monoisotopic (exact) mass is 617 g/mol. The highest BCUT2D eigenvalue weighted by atomic mass is 79.9. The van der Waals surface area contributed by atoms with Gasteiger partial charge in [-0.1, -0.05) is 42.3 Å². The Morgan fingerprint density at radius 1 is 1.20 bits per heavy atom. The molecule has 10 nitrogen and oxygen atoms in total. The SMILES string of the molecule is N#Cc1cccc(NC(=O)N2CCC(c3cc(NCc4ccc(/C(N)=C/SN)cc4)n4ncc(Br)c4n3)CC2)c1. The number of piperidine rings is 1. The van der Waals surface area contributed by atoms with Crippen LogP contribution in [0.15, 0.2) is 70.7 Å². The van der Waals surface area contributed by atoms with Crippen LogP contribution >= 0.6 is 27.9 Å². The Labute approximate surface area is 244 Å². The van der Waals surface area contributed by atoms with Crippen molar-refractivity contribution in [3.8, 4) is 6.07 Å². The number of benzene rings is 2. The standard InChI is InChI=1S/C28H28BrN9OS/c29-23-16-34-38-26(33-15-18-4-6-20(7-5-18)24(31)17-40-32)13-25(36-27(23)38)21-8-10-37(11-9-21)28(39)35-22-3-1-2-19(12-22)14-30/h1-7,12-13,16-17,21,33H,8-11,15,31-32H2,(H,35,39)/b24-17-. The second kappa shape index (κ2) is 12.4. The fourth-order valence-electron chi connectivity index (χ4n) is 4.69. The van der Waals surface area contributed by atoms with Crippen molar-refractivity contribution in [2.45, 2.75) is 25.3 Å². The molecule has 2 aromatic carbocycles. The van der Waals surface area contributed by atoms with E-state index in [1.807, 2.05) is 30.3 Å². The number of likely N-dealkylation sites (tertiary alicyclic amines) is 1. The van der Waals surface area contributed by atoms with Crippen LogP contribution in [-0.4, -0.2) is 38.6 Å². The largest absolute Gasteiger partial charge is 0.398 e. The van der Waals surface area contributed by atoms with Crippen molar-refractivity contribution in [1.82, 2.24) is 19.5 Å². The normalized spacial score (nSPS) is 14.2. The molecule has 2 amide bonds. The molecular formula is C28H28BrN9OS. The zero-order valence-corrected chi connectivity index (χ0v) is 24.0. The van der Waals surface area contributed by atoms with E-state index in [2.05, 4.69) is 37.7 Å². The quantitative estimate of drug-likeness (QED) is 0.205. The Morgan fingerprint density at radius 3 is 2.70 bits per heavy atom. The minimum absolute atomic E-state index is 0.164. The number of urea groups is 1. The van der Waals surface area contributed by atoms with E-state index in [1.54, 1.807) is 45.3 Å². The van der Waals surface area contributed by atoms with Crippen LogP contribution in [0.3, 0.4) is 0 Å². The first-order valence-electron chi connectivity index (χ1n) is 12.7. The van der Waals surface area contributed by atoms with E-state index < -0.39 is 0 Å². The van der Waals surface area contributed by atoms with Gasteiger partial charge in [-0.15, -0.1) is 0 Å². The van der Waals surface area contributed by atoms with Crippen LogP contribution in [-0.2, 0) is 6.54 Å². The summed E-state index contributed by atoms with van der Waals surface area (Å²) in [5.74, 6) is 1.04. The molecule has 1 aliphatic heterocycles. The number of nitriles is 1. The third-order valence-corrected chi connectivity index (χ3v) is 7.80. The molecule has 0 atom stereocenters. The fourth-order valence-corrected chi connectivity index (χ4v) is 5.32. The highest BCUT2D eigenvalue weighted by Gasteiger charge is 2.26. The van der Waals surface area contributed by atoms with Gasteiger partial charge in [0.15, 0.2) is 5.65 Å². The molecule has 4 aromatic rings. The third kappa shape index (κ3) is 6.22. The number of anilines is 2. The first-order valence-corrected chi connectivity index (χ1v) is 14.4. The lowest BCUT2D eigenvalue weighted by atomic mass is 9.93. The number of hydrogen-bond acceptors (Lipinski definition) is 8. The number of fused-ring (bicyclic) bond motifs is 1. The molecule has 1 fully saturated rings. The number of hydrogen-bond donors (Lipinski definition) is 4. The molecule has 204 valence electrons. The van der Waals surface area contributed by atoms with E-state index in [1.165, 1.54) is 0 Å². The lowest BCUT2D eigenvalue weighted by molar-refractivity contribution is 0.194. The average molecular weight is 619 g/mol. The van der Waals surface area contributed by atoms with Crippen LogP contribution < -0.4 is 21.5 Å². The van der Waals surface area contributed by atoms with Crippen molar-refractivity contribution in [1.29, 1.82) is 5.26 Å². The van der Waals surface area contributed by atoms with E-state index in [-0.39, 0.29) is 11.9 Å². The molecule has 0 unspecified atom stereocenters. The Morgan fingerprint density at radius 2 is 1.98 bits per heavy atom.